The SMILES string of the molecule is CCCCCCCC(=O)NC1(/C(N)=N/O)CCCCCC1. The molecule has 1 aliphatic rings. The van der Waals surface area contributed by atoms with E-state index in [1.54, 1.807) is 0 Å². The van der Waals surface area contributed by atoms with Crippen LogP contribution < -0.4 is 11.1 Å². The number of hydrogen-bond acceptors (Lipinski definition) is 3. The molecule has 0 bridgehead atoms. The summed E-state index contributed by atoms with van der Waals surface area (Å²) >= 11 is 0. The van der Waals surface area contributed by atoms with Gasteiger partial charge in [0.15, 0.2) is 5.84 Å². The predicted octanol–water partition coefficient (Wildman–Crippen LogP) is 3.30. The van der Waals surface area contributed by atoms with Crippen LogP contribution in [0.3, 0.4) is 0 Å². The van der Waals surface area contributed by atoms with Gasteiger partial charge in [-0.3, -0.25) is 4.79 Å². The predicted molar refractivity (Wildman–Crippen MR) is 85.4 cm³/mol. The molecule has 0 aromatic carbocycles. The van der Waals surface area contributed by atoms with Gasteiger partial charge in [0.25, 0.3) is 0 Å². The molecule has 0 aliphatic heterocycles. The summed E-state index contributed by atoms with van der Waals surface area (Å²) in [5, 5.41) is 15.3. The summed E-state index contributed by atoms with van der Waals surface area (Å²) in [6, 6.07) is 0. The molecule has 0 radical (unpaired) electrons. The van der Waals surface area contributed by atoms with Gasteiger partial charge in [-0.2, -0.15) is 0 Å². The highest BCUT2D eigenvalue weighted by Crippen LogP contribution is 2.27. The smallest absolute Gasteiger partial charge is 0.220 e. The minimum Gasteiger partial charge on any atom is -0.409 e. The third-order valence-corrected chi connectivity index (χ3v) is 4.44. The Hall–Kier alpha value is -1.26. The Morgan fingerprint density at radius 2 is 1.76 bits per heavy atom. The number of oxime groups is 1. The molecule has 0 aromatic rings. The van der Waals surface area contributed by atoms with E-state index in [2.05, 4.69) is 17.4 Å². The zero-order valence-corrected chi connectivity index (χ0v) is 13.4. The van der Waals surface area contributed by atoms with E-state index in [-0.39, 0.29) is 11.7 Å². The third kappa shape index (κ3) is 5.94. The molecule has 1 fully saturated rings. The second-order valence-electron chi connectivity index (χ2n) is 6.19. The summed E-state index contributed by atoms with van der Waals surface area (Å²) in [6.45, 7) is 2.18. The number of nitrogens with two attached hydrogens (primary N) is 1. The van der Waals surface area contributed by atoms with E-state index in [9.17, 15) is 4.79 Å². The van der Waals surface area contributed by atoms with Crippen LogP contribution in [-0.4, -0.2) is 22.5 Å². The van der Waals surface area contributed by atoms with Gasteiger partial charge in [0.05, 0.1) is 0 Å². The Morgan fingerprint density at radius 1 is 1.14 bits per heavy atom. The Kier molecular flexibility index (Phi) is 8.16. The fourth-order valence-corrected chi connectivity index (χ4v) is 3.09. The number of nitrogens with zero attached hydrogens (tertiary/aromatic N) is 1. The van der Waals surface area contributed by atoms with Crippen LogP contribution in [0.4, 0.5) is 0 Å². The van der Waals surface area contributed by atoms with Crippen molar-refractivity contribution in [3.8, 4) is 0 Å². The fourth-order valence-electron chi connectivity index (χ4n) is 3.09. The number of carbonyl (C=O) groups is 1. The normalized spacial score (nSPS) is 19.0. The minimum absolute atomic E-state index is 0.0278. The van der Waals surface area contributed by atoms with Gasteiger partial charge in [0.2, 0.25) is 5.91 Å². The Labute approximate surface area is 128 Å². The molecule has 0 aromatic heterocycles. The van der Waals surface area contributed by atoms with Crippen molar-refractivity contribution in [2.45, 2.75) is 89.5 Å². The van der Waals surface area contributed by atoms with E-state index in [0.717, 1.165) is 51.4 Å². The van der Waals surface area contributed by atoms with Crippen LogP contribution in [0.2, 0.25) is 0 Å². The van der Waals surface area contributed by atoms with Gasteiger partial charge in [0, 0.05) is 6.42 Å². The highest BCUT2D eigenvalue weighted by Gasteiger charge is 2.36. The van der Waals surface area contributed by atoms with Crippen molar-refractivity contribution in [1.82, 2.24) is 5.32 Å². The van der Waals surface area contributed by atoms with Crippen LogP contribution in [-0.2, 0) is 4.79 Å². The minimum atomic E-state index is -0.633. The number of nitrogens with one attached hydrogen (secondary N) is 1. The van der Waals surface area contributed by atoms with Crippen molar-refractivity contribution in [3.05, 3.63) is 0 Å². The van der Waals surface area contributed by atoms with E-state index in [1.807, 2.05) is 0 Å². The first-order chi connectivity index (χ1) is 10.1. The molecular formula is C16H31N3O2. The van der Waals surface area contributed by atoms with Gasteiger partial charge in [-0.1, -0.05) is 63.4 Å². The Morgan fingerprint density at radius 3 is 2.33 bits per heavy atom. The van der Waals surface area contributed by atoms with Gasteiger partial charge >= 0.3 is 0 Å². The summed E-state index contributed by atoms with van der Waals surface area (Å²) in [5.74, 6) is 0.184. The summed E-state index contributed by atoms with van der Waals surface area (Å²) in [4.78, 5) is 12.2. The van der Waals surface area contributed by atoms with E-state index < -0.39 is 5.54 Å². The highest BCUT2D eigenvalue weighted by molar-refractivity contribution is 5.93. The maximum atomic E-state index is 12.2. The molecule has 0 atom stereocenters. The van der Waals surface area contributed by atoms with E-state index in [1.165, 1.54) is 19.3 Å². The second kappa shape index (κ2) is 9.64. The molecule has 4 N–H and O–H groups in total. The molecule has 0 spiro atoms. The Balaban J connectivity index is 2.50. The zero-order valence-electron chi connectivity index (χ0n) is 13.4. The third-order valence-electron chi connectivity index (χ3n) is 4.44. The highest BCUT2D eigenvalue weighted by atomic mass is 16.4. The lowest BCUT2D eigenvalue weighted by Gasteiger charge is -2.32. The van der Waals surface area contributed by atoms with Crippen molar-refractivity contribution < 1.29 is 10.0 Å². The summed E-state index contributed by atoms with van der Waals surface area (Å²) in [5.41, 5.74) is 5.25. The van der Waals surface area contributed by atoms with Crippen LogP contribution in [0.1, 0.15) is 84.0 Å². The first-order valence-electron chi connectivity index (χ1n) is 8.43. The van der Waals surface area contributed by atoms with Crippen LogP contribution >= 0.6 is 0 Å². The lowest BCUT2D eigenvalue weighted by Crippen LogP contribution is -2.57. The topological polar surface area (TPSA) is 87.7 Å². The molecule has 122 valence electrons. The number of unbranched alkanes of at least 4 members (excludes halogenated alkanes) is 4. The van der Waals surface area contributed by atoms with Crippen molar-refractivity contribution >= 4 is 11.7 Å². The van der Waals surface area contributed by atoms with Crippen molar-refractivity contribution in [2.24, 2.45) is 10.9 Å². The summed E-state index contributed by atoms with van der Waals surface area (Å²) < 4.78 is 0. The monoisotopic (exact) mass is 297 g/mol. The van der Waals surface area contributed by atoms with Crippen LogP contribution in [0.15, 0.2) is 5.16 Å². The molecule has 1 saturated carbocycles. The van der Waals surface area contributed by atoms with E-state index >= 15 is 0 Å². The molecule has 5 heteroatoms. The van der Waals surface area contributed by atoms with Gasteiger partial charge in [-0.15, -0.1) is 0 Å². The number of amidine groups is 1. The van der Waals surface area contributed by atoms with E-state index in [4.69, 9.17) is 10.9 Å². The molecule has 1 rings (SSSR count). The maximum Gasteiger partial charge on any atom is 0.220 e. The van der Waals surface area contributed by atoms with Gasteiger partial charge in [0.1, 0.15) is 5.54 Å². The summed E-state index contributed by atoms with van der Waals surface area (Å²) in [7, 11) is 0. The van der Waals surface area contributed by atoms with Crippen molar-refractivity contribution in [1.29, 1.82) is 0 Å². The first kappa shape index (κ1) is 17.8. The van der Waals surface area contributed by atoms with Gasteiger partial charge in [-0.25, -0.2) is 0 Å². The van der Waals surface area contributed by atoms with Crippen LogP contribution in [0.5, 0.6) is 0 Å². The molecular weight excluding hydrogens is 266 g/mol. The number of amides is 1. The molecule has 21 heavy (non-hydrogen) atoms. The fraction of sp³-hybridized carbons (Fsp3) is 0.875. The zero-order chi connectivity index (χ0) is 15.6. The quantitative estimate of drug-likeness (QED) is 0.160. The lowest BCUT2D eigenvalue weighted by molar-refractivity contribution is -0.122. The van der Waals surface area contributed by atoms with Gasteiger partial charge < -0.3 is 16.3 Å². The standard InChI is InChI=1S/C16H31N3O2/c1-2-3-4-5-8-11-14(20)18-16(15(17)19-21)12-9-6-7-10-13-16/h21H,2-13H2,1H3,(H2,17,19)(H,18,20). The molecule has 0 unspecified atom stereocenters. The van der Waals surface area contributed by atoms with Crippen LogP contribution in [0, 0.1) is 0 Å². The van der Waals surface area contributed by atoms with Crippen LogP contribution in [0.25, 0.3) is 0 Å². The summed E-state index contributed by atoms with van der Waals surface area (Å²) in [6.07, 6.45) is 12.0. The Bertz CT molecular complexity index is 334. The molecule has 1 amide bonds. The molecule has 1 aliphatic carbocycles. The number of carbonyl (C=O) groups excluding carboxylic acids is 1. The van der Waals surface area contributed by atoms with Gasteiger partial charge in [-0.05, 0) is 19.3 Å². The molecule has 5 nitrogen and oxygen atoms in total. The van der Waals surface area contributed by atoms with E-state index in [0.29, 0.717) is 6.42 Å². The largest absolute Gasteiger partial charge is 0.409 e. The average molecular weight is 297 g/mol. The molecule has 0 heterocycles. The lowest BCUT2D eigenvalue weighted by atomic mass is 9.88. The number of rotatable bonds is 8. The average Bonchev–Trinajstić information content (AvgIpc) is 2.72. The second-order valence-corrected chi connectivity index (χ2v) is 6.19. The van der Waals surface area contributed by atoms with Crippen molar-refractivity contribution in [2.75, 3.05) is 0 Å². The maximum absolute atomic E-state index is 12.2. The number of hydrogen-bond donors (Lipinski definition) is 3. The van der Waals surface area contributed by atoms with Crippen molar-refractivity contribution in [3.63, 3.8) is 0 Å². The first-order valence-corrected chi connectivity index (χ1v) is 8.43. The molecule has 0 saturated heterocycles.